The van der Waals surface area contributed by atoms with Gasteiger partial charge in [-0.1, -0.05) is 24.9 Å². The Bertz CT molecular complexity index is 525. The minimum absolute atomic E-state index is 0.177. The Morgan fingerprint density at radius 3 is 2.67 bits per heavy atom. The highest BCUT2D eigenvalue weighted by Crippen LogP contribution is 2.34. The first kappa shape index (κ1) is 11.2. The van der Waals surface area contributed by atoms with Crippen LogP contribution in [0.1, 0.15) is 44.3 Å². The van der Waals surface area contributed by atoms with Crippen molar-refractivity contribution < 1.29 is 4.52 Å². The van der Waals surface area contributed by atoms with E-state index in [2.05, 4.69) is 32.2 Å². The fraction of sp³-hybridized carbons (Fsp3) is 0.636. The summed E-state index contributed by atoms with van der Waals surface area (Å²) in [6.45, 7) is 2.29. The molecule has 2 aromatic heterocycles. The molecule has 1 saturated carbocycles. The molecular weight excluding hydrogens is 232 g/mol. The van der Waals surface area contributed by atoms with Crippen LogP contribution in [-0.2, 0) is 0 Å². The molecule has 1 fully saturated rings. The Hall–Kier alpha value is -1.92. The monoisotopic (exact) mass is 248 g/mol. The van der Waals surface area contributed by atoms with Crippen molar-refractivity contribution in [2.45, 2.75) is 38.5 Å². The maximum absolute atomic E-state index is 5.44. The van der Waals surface area contributed by atoms with E-state index in [4.69, 9.17) is 10.3 Å². The Balaban J connectivity index is 1.77. The highest BCUT2D eigenvalue weighted by molar-refractivity contribution is 5.41. The smallest absolute Gasteiger partial charge is 0.295 e. The number of rotatable bonds is 2. The Labute approximate surface area is 104 Å². The van der Waals surface area contributed by atoms with Crippen molar-refractivity contribution in [1.29, 1.82) is 0 Å². The van der Waals surface area contributed by atoms with E-state index in [9.17, 15) is 0 Å². The van der Waals surface area contributed by atoms with Gasteiger partial charge in [0, 0.05) is 5.92 Å². The number of aromatic amines is 1. The largest absolute Gasteiger partial charge is 0.366 e. The second-order valence-corrected chi connectivity index (χ2v) is 4.96. The molecule has 0 amide bonds. The SMILES string of the molecule is CC1CCC(c2noc(-c3nc(N)n[nH]3)n2)CC1. The number of nitrogens with one attached hydrogen (secondary N) is 1. The molecule has 7 nitrogen and oxygen atoms in total. The van der Waals surface area contributed by atoms with Crippen molar-refractivity contribution in [3.8, 4) is 11.7 Å². The predicted molar refractivity (Wildman–Crippen MR) is 64.5 cm³/mol. The first-order valence-electron chi connectivity index (χ1n) is 6.24. The fourth-order valence-corrected chi connectivity index (χ4v) is 2.39. The van der Waals surface area contributed by atoms with Gasteiger partial charge in [-0.25, -0.2) is 0 Å². The molecular formula is C11H16N6O. The van der Waals surface area contributed by atoms with Gasteiger partial charge in [-0.15, -0.1) is 5.10 Å². The zero-order chi connectivity index (χ0) is 12.5. The summed E-state index contributed by atoms with van der Waals surface area (Å²) in [5, 5.41) is 10.4. The van der Waals surface area contributed by atoms with E-state index in [0.29, 0.717) is 17.6 Å². The summed E-state index contributed by atoms with van der Waals surface area (Å²) in [7, 11) is 0. The van der Waals surface area contributed by atoms with Crippen LogP contribution in [0.2, 0.25) is 0 Å². The fourth-order valence-electron chi connectivity index (χ4n) is 2.39. The Morgan fingerprint density at radius 2 is 2.00 bits per heavy atom. The number of nitrogens with two attached hydrogens (primary N) is 1. The molecule has 0 saturated heterocycles. The Morgan fingerprint density at radius 1 is 1.22 bits per heavy atom. The van der Waals surface area contributed by atoms with E-state index in [-0.39, 0.29) is 5.95 Å². The molecule has 1 aliphatic rings. The predicted octanol–water partition coefficient (Wildman–Crippen LogP) is 1.73. The van der Waals surface area contributed by atoms with Gasteiger partial charge in [0.05, 0.1) is 0 Å². The maximum atomic E-state index is 5.44. The van der Waals surface area contributed by atoms with Crippen LogP contribution in [0.5, 0.6) is 0 Å². The van der Waals surface area contributed by atoms with Gasteiger partial charge < -0.3 is 10.3 Å². The minimum Gasteiger partial charge on any atom is -0.366 e. The lowest BCUT2D eigenvalue weighted by atomic mass is 9.83. The first-order valence-corrected chi connectivity index (χ1v) is 6.24. The Kier molecular flexibility index (Phi) is 2.73. The topological polar surface area (TPSA) is 107 Å². The van der Waals surface area contributed by atoms with E-state index in [1.165, 1.54) is 12.8 Å². The van der Waals surface area contributed by atoms with E-state index >= 15 is 0 Å². The van der Waals surface area contributed by atoms with Crippen molar-refractivity contribution in [2.75, 3.05) is 5.73 Å². The quantitative estimate of drug-likeness (QED) is 0.838. The zero-order valence-electron chi connectivity index (χ0n) is 10.3. The zero-order valence-corrected chi connectivity index (χ0v) is 10.3. The summed E-state index contributed by atoms with van der Waals surface area (Å²) in [4.78, 5) is 8.34. The summed E-state index contributed by atoms with van der Waals surface area (Å²) < 4.78 is 5.19. The second-order valence-electron chi connectivity index (χ2n) is 4.96. The minimum atomic E-state index is 0.177. The summed E-state index contributed by atoms with van der Waals surface area (Å²) in [5.74, 6) is 2.94. The lowest BCUT2D eigenvalue weighted by molar-refractivity contribution is 0.328. The molecule has 0 aromatic carbocycles. The summed E-state index contributed by atoms with van der Waals surface area (Å²) in [6, 6.07) is 0. The molecule has 3 rings (SSSR count). The third-order valence-electron chi connectivity index (χ3n) is 3.53. The van der Waals surface area contributed by atoms with Gasteiger partial charge in [-0.05, 0) is 18.8 Å². The molecule has 0 aliphatic heterocycles. The first-order chi connectivity index (χ1) is 8.72. The average Bonchev–Trinajstić information content (AvgIpc) is 2.98. The molecule has 0 unspecified atom stereocenters. The molecule has 0 bridgehead atoms. The van der Waals surface area contributed by atoms with Crippen LogP contribution in [0, 0.1) is 5.92 Å². The molecule has 0 radical (unpaired) electrons. The van der Waals surface area contributed by atoms with E-state index in [0.717, 1.165) is 24.6 Å². The van der Waals surface area contributed by atoms with Gasteiger partial charge in [0.15, 0.2) is 5.82 Å². The van der Waals surface area contributed by atoms with Crippen molar-refractivity contribution in [3.05, 3.63) is 5.82 Å². The number of nitrogens with zero attached hydrogens (tertiary/aromatic N) is 4. The number of hydrogen-bond acceptors (Lipinski definition) is 6. The number of nitrogen functional groups attached to an aromatic ring is 1. The molecule has 2 aromatic rings. The van der Waals surface area contributed by atoms with E-state index in [1.54, 1.807) is 0 Å². The summed E-state index contributed by atoms with van der Waals surface area (Å²) in [6.07, 6.45) is 4.70. The number of aromatic nitrogens is 5. The third-order valence-corrected chi connectivity index (χ3v) is 3.53. The summed E-state index contributed by atoms with van der Waals surface area (Å²) >= 11 is 0. The molecule has 1 aliphatic carbocycles. The highest BCUT2D eigenvalue weighted by Gasteiger charge is 2.24. The average molecular weight is 248 g/mol. The molecule has 7 heteroatoms. The molecule has 18 heavy (non-hydrogen) atoms. The van der Waals surface area contributed by atoms with Crippen LogP contribution in [-0.4, -0.2) is 25.3 Å². The van der Waals surface area contributed by atoms with Crippen LogP contribution in [0.4, 0.5) is 5.95 Å². The van der Waals surface area contributed by atoms with Crippen LogP contribution in [0.15, 0.2) is 4.52 Å². The van der Waals surface area contributed by atoms with E-state index in [1.807, 2.05) is 0 Å². The van der Waals surface area contributed by atoms with Crippen molar-refractivity contribution in [1.82, 2.24) is 25.3 Å². The van der Waals surface area contributed by atoms with Crippen molar-refractivity contribution in [2.24, 2.45) is 5.92 Å². The second kappa shape index (κ2) is 4.40. The van der Waals surface area contributed by atoms with Crippen molar-refractivity contribution >= 4 is 5.95 Å². The van der Waals surface area contributed by atoms with Crippen LogP contribution in [0.3, 0.4) is 0 Å². The van der Waals surface area contributed by atoms with Gasteiger partial charge in [0.2, 0.25) is 11.8 Å². The maximum Gasteiger partial charge on any atom is 0.295 e. The third kappa shape index (κ3) is 2.07. The van der Waals surface area contributed by atoms with Gasteiger partial charge >= 0.3 is 0 Å². The van der Waals surface area contributed by atoms with Gasteiger partial charge in [-0.2, -0.15) is 9.97 Å². The molecule has 3 N–H and O–H groups in total. The van der Waals surface area contributed by atoms with Gasteiger partial charge in [-0.3, -0.25) is 5.10 Å². The molecule has 2 heterocycles. The van der Waals surface area contributed by atoms with E-state index < -0.39 is 0 Å². The lowest BCUT2D eigenvalue weighted by Gasteiger charge is -2.23. The number of H-pyrrole nitrogens is 1. The number of anilines is 1. The highest BCUT2D eigenvalue weighted by atomic mass is 16.5. The standard InChI is InChI=1S/C11H16N6O/c1-6-2-4-7(5-3-6)8-13-10(18-17-8)9-14-11(12)16-15-9/h6-7H,2-5H2,1H3,(H3,12,14,15,16). The molecule has 96 valence electrons. The lowest BCUT2D eigenvalue weighted by Crippen LogP contribution is -2.11. The molecule has 0 atom stereocenters. The van der Waals surface area contributed by atoms with Crippen LogP contribution >= 0.6 is 0 Å². The van der Waals surface area contributed by atoms with Gasteiger partial charge in [0.1, 0.15) is 0 Å². The normalized spacial score (nSPS) is 24.3. The van der Waals surface area contributed by atoms with Crippen LogP contribution in [0.25, 0.3) is 11.7 Å². The molecule has 0 spiro atoms. The van der Waals surface area contributed by atoms with Crippen molar-refractivity contribution in [3.63, 3.8) is 0 Å². The number of hydrogen-bond donors (Lipinski definition) is 2. The summed E-state index contributed by atoms with van der Waals surface area (Å²) in [5.41, 5.74) is 5.44. The van der Waals surface area contributed by atoms with Gasteiger partial charge in [0.25, 0.3) is 5.89 Å². The van der Waals surface area contributed by atoms with Crippen LogP contribution < -0.4 is 5.73 Å².